The Hall–Kier alpha value is -1.42. The van der Waals surface area contributed by atoms with Crippen LogP contribution < -0.4 is 0 Å². The summed E-state index contributed by atoms with van der Waals surface area (Å²) in [6.07, 6.45) is 2.53. The fraction of sp³-hybridized carbons (Fsp3) is 0.368. The molecule has 0 amide bonds. The molecular weight excluding hydrogens is 313 g/mol. The highest BCUT2D eigenvalue weighted by molar-refractivity contribution is 5.85. The number of halogens is 2. The normalized spacial score (nSPS) is 16.1. The molecule has 0 saturated carbocycles. The third kappa shape index (κ3) is 4.77. The molecule has 1 saturated heterocycles. The maximum Gasteiger partial charge on any atom is 0.123 e. The van der Waals surface area contributed by atoms with E-state index in [1.54, 1.807) is 0 Å². The fourth-order valence-corrected chi connectivity index (χ4v) is 2.92. The Morgan fingerprint density at radius 1 is 1.04 bits per heavy atom. The van der Waals surface area contributed by atoms with E-state index in [-0.39, 0.29) is 18.2 Å². The molecule has 0 aromatic heterocycles. The third-order valence-corrected chi connectivity index (χ3v) is 4.31. The van der Waals surface area contributed by atoms with E-state index in [1.165, 1.54) is 12.1 Å². The van der Waals surface area contributed by atoms with E-state index in [1.807, 2.05) is 24.3 Å². The highest BCUT2D eigenvalue weighted by Gasteiger charge is 2.17. The smallest absolute Gasteiger partial charge is 0.123 e. The van der Waals surface area contributed by atoms with Crippen molar-refractivity contribution in [3.8, 4) is 11.1 Å². The maximum absolute atomic E-state index is 13.1. The van der Waals surface area contributed by atoms with Crippen LogP contribution in [-0.4, -0.2) is 31.1 Å². The summed E-state index contributed by atoms with van der Waals surface area (Å²) in [5.74, 6) is -0.205. The Bertz CT molecular complexity index is 609. The number of benzene rings is 2. The Kier molecular flexibility index (Phi) is 6.58. The lowest BCUT2D eigenvalue weighted by molar-refractivity contribution is 0.00232. The number of hydrogen-bond donors (Lipinski definition) is 0. The zero-order chi connectivity index (χ0) is 15.4. The molecule has 0 radical (unpaired) electrons. The minimum atomic E-state index is -0.205. The summed E-state index contributed by atoms with van der Waals surface area (Å²) in [5.41, 5.74) is 3.31. The quantitative estimate of drug-likeness (QED) is 0.814. The predicted octanol–water partition coefficient (Wildman–Crippen LogP) is 4.53. The van der Waals surface area contributed by atoms with Crippen molar-refractivity contribution in [2.24, 2.45) is 0 Å². The van der Waals surface area contributed by atoms with Crippen LogP contribution in [0.2, 0.25) is 0 Å². The zero-order valence-electron chi connectivity index (χ0n) is 13.4. The van der Waals surface area contributed by atoms with Crippen molar-refractivity contribution in [2.45, 2.75) is 25.6 Å². The number of likely N-dealkylation sites (tertiary alicyclic amines) is 1. The molecule has 1 aliphatic rings. The number of nitrogens with zero attached hydrogens (tertiary/aromatic N) is 1. The van der Waals surface area contributed by atoms with Crippen molar-refractivity contribution in [3.63, 3.8) is 0 Å². The molecule has 1 aliphatic heterocycles. The average molecular weight is 336 g/mol. The summed E-state index contributed by atoms with van der Waals surface area (Å²) in [6.45, 7) is 2.82. The summed E-state index contributed by atoms with van der Waals surface area (Å²) < 4.78 is 19.2. The van der Waals surface area contributed by atoms with Gasteiger partial charge in [-0.15, -0.1) is 12.4 Å². The standard InChI is InChI=1S/C19H22FNO.ClH/c1-21-12-10-18(11-13-21)22-14-16-4-2-3-5-19(16)15-6-8-17(20)9-7-15;/h2-9,18H,10-14H2,1H3;1H. The largest absolute Gasteiger partial charge is 0.373 e. The number of piperidine rings is 1. The van der Waals surface area contributed by atoms with Gasteiger partial charge in [-0.1, -0.05) is 36.4 Å². The molecule has 23 heavy (non-hydrogen) atoms. The second kappa shape index (κ2) is 8.44. The Morgan fingerprint density at radius 3 is 2.39 bits per heavy atom. The van der Waals surface area contributed by atoms with Crippen LogP contribution in [0.25, 0.3) is 11.1 Å². The van der Waals surface area contributed by atoms with Gasteiger partial charge in [0, 0.05) is 13.1 Å². The topological polar surface area (TPSA) is 12.5 Å². The Labute approximate surface area is 143 Å². The molecule has 0 spiro atoms. The van der Waals surface area contributed by atoms with E-state index in [2.05, 4.69) is 24.1 Å². The zero-order valence-corrected chi connectivity index (χ0v) is 14.2. The molecule has 0 unspecified atom stereocenters. The molecule has 0 bridgehead atoms. The van der Waals surface area contributed by atoms with Crippen LogP contribution in [0.5, 0.6) is 0 Å². The van der Waals surface area contributed by atoms with Crippen LogP contribution in [0.1, 0.15) is 18.4 Å². The first kappa shape index (κ1) is 17.9. The van der Waals surface area contributed by atoms with Crippen LogP contribution in [0.3, 0.4) is 0 Å². The van der Waals surface area contributed by atoms with Gasteiger partial charge in [0.2, 0.25) is 0 Å². The molecule has 3 rings (SSSR count). The van der Waals surface area contributed by atoms with E-state index in [9.17, 15) is 4.39 Å². The summed E-state index contributed by atoms with van der Waals surface area (Å²) >= 11 is 0. The van der Waals surface area contributed by atoms with Gasteiger partial charge in [0.15, 0.2) is 0 Å². The van der Waals surface area contributed by atoms with Crippen molar-refractivity contribution in [1.82, 2.24) is 4.90 Å². The van der Waals surface area contributed by atoms with Gasteiger partial charge in [-0.05, 0) is 48.7 Å². The lowest BCUT2D eigenvalue weighted by atomic mass is 10.00. The number of ether oxygens (including phenoxy) is 1. The SMILES string of the molecule is CN1CCC(OCc2ccccc2-c2ccc(F)cc2)CC1.Cl. The van der Waals surface area contributed by atoms with Crippen molar-refractivity contribution in [2.75, 3.05) is 20.1 Å². The molecule has 1 fully saturated rings. The molecule has 0 atom stereocenters. The molecule has 2 aromatic carbocycles. The molecular formula is C19H23ClFNO. The first-order chi connectivity index (χ1) is 10.7. The minimum Gasteiger partial charge on any atom is -0.373 e. The van der Waals surface area contributed by atoms with Crippen molar-refractivity contribution < 1.29 is 9.13 Å². The van der Waals surface area contributed by atoms with Gasteiger partial charge in [0.05, 0.1) is 12.7 Å². The van der Waals surface area contributed by atoms with Crippen molar-refractivity contribution in [1.29, 1.82) is 0 Å². The number of rotatable bonds is 4. The summed E-state index contributed by atoms with van der Waals surface area (Å²) in [6, 6.07) is 14.9. The van der Waals surface area contributed by atoms with Crippen LogP contribution in [0.4, 0.5) is 4.39 Å². The van der Waals surface area contributed by atoms with Crippen LogP contribution in [0.15, 0.2) is 48.5 Å². The Balaban J connectivity index is 0.00000192. The van der Waals surface area contributed by atoms with E-state index in [0.717, 1.165) is 42.6 Å². The van der Waals surface area contributed by atoms with E-state index >= 15 is 0 Å². The fourth-order valence-electron chi connectivity index (χ4n) is 2.92. The number of hydrogen-bond acceptors (Lipinski definition) is 2. The van der Waals surface area contributed by atoms with Gasteiger partial charge in [-0.3, -0.25) is 0 Å². The lowest BCUT2D eigenvalue weighted by Crippen LogP contribution is -2.34. The van der Waals surface area contributed by atoms with Gasteiger partial charge < -0.3 is 9.64 Å². The first-order valence-corrected chi connectivity index (χ1v) is 7.86. The van der Waals surface area contributed by atoms with Crippen molar-refractivity contribution in [3.05, 3.63) is 59.9 Å². The highest BCUT2D eigenvalue weighted by atomic mass is 35.5. The van der Waals surface area contributed by atoms with E-state index in [0.29, 0.717) is 12.7 Å². The van der Waals surface area contributed by atoms with Gasteiger partial charge in [-0.2, -0.15) is 0 Å². The highest BCUT2D eigenvalue weighted by Crippen LogP contribution is 2.25. The second-order valence-corrected chi connectivity index (χ2v) is 5.98. The minimum absolute atomic E-state index is 0. The van der Waals surface area contributed by atoms with Crippen LogP contribution in [-0.2, 0) is 11.3 Å². The molecule has 2 nitrogen and oxygen atoms in total. The van der Waals surface area contributed by atoms with Crippen LogP contribution in [0, 0.1) is 5.82 Å². The van der Waals surface area contributed by atoms with Gasteiger partial charge in [0.1, 0.15) is 5.82 Å². The predicted molar refractivity (Wildman–Crippen MR) is 94.4 cm³/mol. The summed E-state index contributed by atoms with van der Waals surface area (Å²) in [4.78, 5) is 2.34. The van der Waals surface area contributed by atoms with Gasteiger partial charge in [-0.25, -0.2) is 4.39 Å². The van der Waals surface area contributed by atoms with Crippen LogP contribution >= 0.6 is 12.4 Å². The molecule has 1 heterocycles. The molecule has 124 valence electrons. The molecule has 2 aromatic rings. The third-order valence-electron chi connectivity index (χ3n) is 4.31. The van der Waals surface area contributed by atoms with Gasteiger partial charge in [0.25, 0.3) is 0 Å². The molecule has 0 aliphatic carbocycles. The van der Waals surface area contributed by atoms with E-state index in [4.69, 9.17) is 4.74 Å². The molecule has 4 heteroatoms. The summed E-state index contributed by atoms with van der Waals surface area (Å²) in [7, 11) is 2.15. The Morgan fingerprint density at radius 2 is 1.70 bits per heavy atom. The first-order valence-electron chi connectivity index (χ1n) is 7.86. The maximum atomic E-state index is 13.1. The van der Waals surface area contributed by atoms with E-state index < -0.39 is 0 Å². The second-order valence-electron chi connectivity index (χ2n) is 5.98. The average Bonchev–Trinajstić information content (AvgIpc) is 2.55. The molecule has 0 N–H and O–H groups in total. The van der Waals surface area contributed by atoms with Crippen molar-refractivity contribution >= 4 is 12.4 Å². The lowest BCUT2D eigenvalue weighted by Gasteiger charge is -2.29. The monoisotopic (exact) mass is 335 g/mol. The van der Waals surface area contributed by atoms with Gasteiger partial charge >= 0.3 is 0 Å². The summed E-state index contributed by atoms with van der Waals surface area (Å²) in [5, 5.41) is 0.